The van der Waals surface area contributed by atoms with Gasteiger partial charge in [-0.1, -0.05) is 36.4 Å². The van der Waals surface area contributed by atoms with Crippen molar-refractivity contribution in [3.63, 3.8) is 0 Å². The molecule has 3 aromatic carbocycles. The Labute approximate surface area is 175 Å². The van der Waals surface area contributed by atoms with Gasteiger partial charge in [0.2, 0.25) is 0 Å². The van der Waals surface area contributed by atoms with Gasteiger partial charge < -0.3 is 14.2 Å². The molecule has 5 heteroatoms. The lowest BCUT2D eigenvalue weighted by molar-refractivity contribution is 0.0734. The van der Waals surface area contributed by atoms with E-state index in [2.05, 4.69) is 0 Å². The van der Waals surface area contributed by atoms with Gasteiger partial charge in [-0.3, -0.25) is 4.79 Å². The van der Waals surface area contributed by atoms with Gasteiger partial charge in [-0.05, 0) is 54.5 Å². The van der Waals surface area contributed by atoms with E-state index >= 15 is 0 Å². The number of esters is 1. The van der Waals surface area contributed by atoms with E-state index in [0.717, 1.165) is 11.1 Å². The first-order valence-corrected chi connectivity index (χ1v) is 9.34. The van der Waals surface area contributed by atoms with Gasteiger partial charge in [0, 0.05) is 6.07 Å². The molecule has 0 aliphatic carbocycles. The average Bonchev–Trinajstić information content (AvgIpc) is 2.78. The molecular weight excluding hydrogens is 380 g/mol. The van der Waals surface area contributed by atoms with E-state index in [1.165, 1.54) is 13.2 Å². The zero-order valence-corrected chi connectivity index (χ0v) is 17.0. The Morgan fingerprint density at radius 3 is 2.17 bits per heavy atom. The second kappa shape index (κ2) is 9.56. The number of aryl methyl sites for hydroxylation is 1. The van der Waals surface area contributed by atoms with Gasteiger partial charge in [0.25, 0.3) is 0 Å². The molecule has 0 aliphatic heterocycles. The minimum absolute atomic E-state index is 0.190. The number of hydrogen-bond donors (Lipinski definition) is 0. The maximum Gasteiger partial charge on any atom is 0.343 e. The largest absolute Gasteiger partial charge is 0.497 e. The highest BCUT2D eigenvalue weighted by Crippen LogP contribution is 2.25. The van der Waals surface area contributed by atoms with Crippen molar-refractivity contribution >= 4 is 17.8 Å². The number of benzene rings is 3. The molecule has 3 aromatic rings. The second-order valence-corrected chi connectivity index (χ2v) is 6.54. The summed E-state index contributed by atoms with van der Waals surface area (Å²) in [6.45, 7) is 1.86. The molecule has 0 fully saturated rings. The lowest BCUT2D eigenvalue weighted by Gasteiger charge is -2.08. The van der Waals surface area contributed by atoms with E-state index in [1.54, 1.807) is 67.8 Å². The molecule has 0 atom stereocenters. The summed E-state index contributed by atoms with van der Waals surface area (Å²) < 4.78 is 15.8. The van der Waals surface area contributed by atoms with Crippen LogP contribution in [0.2, 0.25) is 0 Å². The zero-order valence-electron chi connectivity index (χ0n) is 17.0. The van der Waals surface area contributed by atoms with Crippen molar-refractivity contribution in [1.82, 2.24) is 0 Å². The Balaban J connectivity index is 1.68. The Kier molecular flexibility index (Phi) is 6.65. The molecule has 0 aliphatic rings. The first-order chi connectivity index (χ1) is 14.5. The number of hydrogen-bond acceptors (Lipinski definition) is 5. The maximum atomic E-state index is 12.5. The third kappa shape index (κ3) is 4.94. The summed E-state index contributed by atoms with van der Waals surface area (Å²) in [7, 11) is 3.06. The normalized spacial score (nSPS) is 10.6. The van der Waals surface area contributed by atoms with Crippen LogP contribution in [0, 0.1) is 6.92 Å². The SMILES string of the molecule is COc1ccc(C(=O)C=Cc2ccc(OC(=O)c3ccccc3C)cc2)c(OC)c1. The highest BCUT2D eigenvalue weighted by atomic mass is 16.5. The van der Waals surface area contributed by atoms with Crippen LogP contribution in [0.5, 0.6) is 17.2 Å². The fraction of sp³-hybridized carbons (Fsp3) is 0.120. The number of ketones is 1. The lowest BCUT2D eigenvalue weighted by atomic mass is 10.1. The van der Waals surface area contributed by atoms with Crippen LogP contribution in [0.25, 0.3) is 6.08 Å². The molecule has 0 saturated heterocycles. The number of carbonyl (C=O) groups excluding carboxylic acids is 2. The molecule has 152 valence electrons. The van der Waals surface area contributed by atoms with Crippen molar-refractivity contribution in [3.8, 4) is 17.2 Å². The van der Waals surface area contributed by atoms with Crippen LogP contribution in [0.1, 0.15) is 31.8 Å². The van der Waals surface area contributed by atoms with Crippen LogP contribution in [0.3, 0.4) is 0 Å². The van der Waals surface area contributed by atoms with E-state index in [4.69, 9.17) is 14.2 Å². The van der Waals surface area contributed by atoms with Crippen LogP contribution in [0.4, 0.5) is 0 Å². The summed E-state index contributed by atoms with van der Waals surface area (Å²) in [4.78, 5) is 24.8. The maximum absolute atomic E-state index is 12.5. The van der Waals surface area contributed by atoms with Crippen LogP contribution >= 0.6 is 0 Å². The minimum atomic E-state index is -0.404. The molecule has 30 heavy (non-hydrogen) atoms. The molecule has 0 heterocycles. The molecule has 0 N–H and O–H groups in total. The number of rotatable bonds is 7. The molecule has 0 aromatic heterocycles. The van der Waals surface area contributed by atoms with Crippen molar-refractivity contribution in [3.05, 3.63) is 95.1 Å². The third-order valence-electron chi connectivity index (χ3n) is 4.56. The smallest absolute Gasteiger partial charge is 0.343 e. The monoisotopic (exact) mass is 402 g/mol. The predicted octanol–water partition coefficient (Wildman–Crippen LogP) is 5.13. The average molecular weight is 402 g/mol. The van der Waals surface area contributed by atoms with Gasteiger partial charge in [0.05, 0.1) is 25.3 Å². The van der Waals surface area contributed by atoms with E-state index < -0.39 is 5.97 Å². The summed E-state index contributed by atoms with van der Waals surface area (Å²) in [6, 6.07) is 19.2. The topological polar surface area (TPSA) is 61.8 Å². The van der Waals surface area contributed by atoms with E-state index in [1.807, 2.05) is 19.1 Å². The lowest BCUT2D eigenvalue weighted by Crippen LogP contribution is -2.09. The Hall–Kier alpha value is -3.86. The Morgan fingerprint density at radius 1 is 0.800 bits per heavy atom. The molecule has 0 radical (unpaired) electrons. The Morgan fingerprint density at radius 2 is 1.50 bits per heavy atom. The number of ether oxygens (including phenoxy) is 3. The van der Waals surface area contributed by atoms with E-state index in [0.29, 0.717) is 28.4 Å². The van der Waals surface area contributed by atoms with Crippen molar-refractivity contribution in [2.45, 2.75) is 6.92 Å². The fourth-order valence-electron chi connectivity index (χ4n) is 2.87. The number of carbonyl (C=O) groups is 2. The van der Waals surface area contributed by atoms with Crippen LogP contribution in [-0.4, -0.2) is 26.0 Å². The number of methoxy groups -OCH3 is 2. The first-order valence-electron chi connectivity index (χ1n) is 9.34. The standard InChI is InChI=1S/C25H22O5/c1-17-6-4-5-7-21(17)25(27)30-19-11-8-18(9-12-19)10-15-23(26)22-14-13-20(28-2)16-24(22)29-3/h4-16H,1-3H3. The minimum Gasteiger partial charge on any atom is -0.497 e. The highest BCUT2D eigenvalue weighted by Gasteiger charge is 2.12. The molecule has 3 rings (SSSR count). The van der Waals surface area contributed by atoms with Crippen molar-refractivity contribution in [2.75, 3.05) is 14.2 Å². The second-order valence-electron chi connectivity index (χ2n) is 6.54. The molecule has 5 nitrogen and oxygen atoms in total. The summed E-state index contributed by atoms with van der Waals surface area (Å²) in [6.07, 6.45) is 3.16. The molecule has 0 amide bonds. The highest BCUT2D eigenvalue weighted by molar-refractivity contribution is 6.08. The van der Waals surface area contributed by atoms with Crippen LogP contribution in [-0.2, 0) is 0 Å². The van der Waals surface area contributed by atoms with Gasteiger partial charge in [-0.25, -0.2) is 4.79 Å². The van der Waals surface area contributed by atoms with Crippen molar-refractivity contribution in [2.24, 2.45) is 0 Å². The molecule has 0 unspecified atom stereocenters. The first kappa shape index (κ1) is 20.9. The third-order valence-corrected chi connectivity index (χ3v) is 4.56. The van der Waals surface area contributed by atoms with Gasteiger partial charge in [0.15, 0.2) is 5.78 Å². The quantitative estimate of drug-likeness (QED) is 0.237. The summed E-state index contributed by atoms with van der Waals surface area (Å²) >= 11 is 0. The van der Waals surface area contributed by atoms with Crippen LogP contribution < -0.4 is 14.2 Å². The molecule has 0 spiro atoms. The van der Waals surface area contributed by atoms with Crippen molar-refractivity contribution in [1.29, 1.82) is 0 Å². The summed E-state index contributed by atoms with van der Waals surface area (Å²) in [5.74, 6) is 0.900. The van der Waals surface area contributed by atoms with Gasteiger partial charge in [0.1, 0.15) is 17.2 Å². The Bertz CT molecular complexity index is 1080. The van der Waals surface area contributed by atoms with E-state index in [9.17, 15) is 9.59 Å². The number of allylic oxidation sites excluding steroid dienone is 1. The molecular formula is C25H22O5. The summed E-state index contributed by atoms with van der Waals surface area (Å²) in [5, 5.41) is 0. The summed E-state index contributed by atoms with van der Waals surface area (Å²) in [5.41, 5.74) is 2.62. The van der Waals surface area contributed by atoms with Crippen LogP contribution in [0.15, 0.2) is 72.8 Å². The fourth-order valence-corrected chi connectivity index (χ4v) is 2.87. The molecule has 0 saturated carbocycles. The van der Waals surface area contributed by atoms with Gasteiger partial charge in [-0.15, -0.1) is 0 Å². The van der Waals surface area contributed by atoms with Crippen molar-refractivity contribution < 1.29 is 23.8 Å². The predicted molar refractivity (Wildman–Crippen MR) is 115 cm³/mol. The zero-order chi connectivity index (χ0) is 21.5. The van der Waals surface area contributed by atoms with Gasteiger partial charge >= 0.3 is 5.97 Å². The van der Waals surface area contributed by atoms with E-state index in [-0.39, 0.29) is 5.78 Å². The van der Waals surface area contributed by atoms with Gasteiger partial charge in [-0.2, -0.15) is 0 Å². The molecule has 0 bridgehead atoms.